The van der Waals surface area contributed by atoms with Gasteiger partial charge < -0.3 is 15.0 Å². The Bertz CT molecular complexity index is 519. The molecule has 0 aliphatic carbocycles. The average molecular weight is 274 g/mol. The van der Waals surface area contributed by atoms with Crippen molar-refractivity contribution >= 4 is 5.69 Å². The quantitative estimate of drug-likeness (QED) is 0.838. The fourth-order valence-electron chi connectivity index (χ4n) is 1.78. The summed E-state index contributed by atoms with van der Waals surface area (Å²) >= 11 is 0. The highest BCUT2D eigenvalue weighted by Crippen LogP contribution is 2.16. The number of nitrogens with one attached hydrogen (secondary N) is 1. The van der Waals surface area contributed by atoms with Crippen LogP contribution in [0.1, 0.15) is 5.69 Å². The molecule has 0 spiro atoms. The molecule has 2 aromatic rings. The molecule has 5 nitrogen and oxygen atoms in total. The van der Waals surface area contributed by atoms with Gasteiger partial charge in [0.1, 0.15) is 12.4 Å². The van der Waals surface area contributed by atoms with Gasteiger partial charge in [-0.15, -0.1) is 0 Å². The van der Waals surface area contributed by atoms with Crippen LogP contribution in [0.2, 0.25) is 0 Å². The second-order valence-electron chi connectivity index (χ2n) is 4.98. The second kappa shape index (κ2) is 6.96. The van der Waals surface area contributed by atoms with Crippen molar-refractivity contribution in [2.75, 3.05) is 32.6 Å². The molecule has 0 saturated carbocycles. The van der Waals surface area contributed by atoms with Crippen molar-refractivity contribution in [3.05, 3.63) is 42.2 Å². The van der Waals surface area contributed by atoms with Crippen LogP contribution in [-0.2, 0) is 13.6 Å². The Labute approximate surface area is 120 Å². The van der Waals surface area contributed by atoms with Gasteiger partial charge in [-0.3, -0.25) is 4.68 Å². The third kappa shape index (κ3) is 4.28. The smallest absolute Gasteiger partial charge is 0.119 e. The lowest BCUT2D eigenvalue weighted by molar-refractivity contribution is 0.261. The van der Waals surface area contributed by atoms with E-state index >= 15 is 0 Å². The minimum absolute atomic E-state index is 0.703. The van der Waals surface area contributed by atoms with Gasteiger partial charge in [0.15, 0.2) is 0 Å². The highest BCUT2D eigenvalue weighted by Gasteiger charge is 1.99. The Balaban J connectivity index is 1.81. The van der Waals surface area contributed by atoms with E-state index in [2.05, 4.69) is 15.3 Å². The van der Waals surface area contributed by atoms with E-state index in [-0.39, 0.29) is 0 Å². The molecule has 0 amide bonds. The molecule has 0 bridgehead atoms. The lowest BCUT2D eigenvalue weighted by Crippen LogP contribution is -2.19. The number of anilines is 1. The molecule has 2 rings (SSSR count). The summed E-state index contributed by atoms with van der Waals surface area (Å²) in [5, 5.41) is 7.51. The van der Waals surface area contributed by atoms with Crippen molar-refractivity contribution in [3.8, 4) is 5.75 Å². The topological polar surface area (TPSA) is 42.3 Å². The second-order valence-corrected chi connectivity index (χ2v) is 4.98. The number of likely N-dealkylation sites (N-methyl/N-ethyl adjacent to an activating group) is 1. The van der Waals surface area contributed by atoms with Gasteiger partial charge >= 0.3 is 0 Å². The van der Waals surface area contributed by atoms with E-state index in [1.54, 1.807) is 6.20 Å². The molecule has 1 heterocycles. The van der Waals surface area contributed by atoms with Gasteiger partial charge in [0, 0.05) is 25.5 Å². The van der Waals surface area contributed by atoms with E-state index < -0.39 is 0 Å². The van der Waals surface area contributed by atoms with Gasteiger partial charge in [0.05, 0.1) is 12.2 Å². The highest BCUT2D eigenvalue weighted by atomic mass is 16.5. The molecule has 1 aromatic heterocycles. The first-order valence-corrected chi connectivity index (χ1v) is 6.73. The van der Waals surface area contributed by atoms with Gasteiger partial charge in [-0.05, 0) is 44.4 Å². The van der Waals surface area contributed by atoms with Crippen molar-refractivity contribution in [1.82, 2.24) is 14.7 Å². The number of ether oxygens (including phenoxy) is 1. The van der Waals surface area contributed by atoms with Gasteiger partial charge in [-0.25, -0.2) is 0 Å². The first-order valence-electron chi connectivity index (χ1n) is 6.73. The molecule has 0 saturated heterocycles. The largest absolute Gasteiger partial charge is 0.492 e. The zero-order chi connectivity index (χ0) is 14.4. The predicted molar refractivity (Wildman–Crippen MR) is 81.0 cm³/mol. The van der Waals surface area contributed by atoms with Crippen LogP contribution in [0.5, 0.6) is 5.75 Å². The Hall–Kier alpha value is -2.01. The summed E-state index contributed by atoms with van der Waals surface area (Å²) in [6.45, 7) is 2.38. The maximum Gasteiger partial charge on any atom is 0.119 e. The lowest BCUT2D eigenvalue weighted by Gasteiger charge is -2.12. The van der Waals surface area contributed by atoms with Crippen LogP contribution in [0.3, 0.4) is 0 Å². The standard InChI is InChI=1S/C15H22N4O/c1-18(2)10-11-20-15-6-4-13(5-7-15)16-12-14-8-9-17-19(14)3/h4-9,16H,10-12H2,1-3H3. The van der Waals surface area contributed by atoms with Crippen molar-refractivity contribution < 1.29 is 4.74 Å². The predicted octanol–water partition coefficient (Wildman–Crippen LogP) is 1.97. The molecule has 20 heavy (non-hydrogen) atoms. The van der Waals surface area contributed by atoms with Crippen LogP contribution in [-0.4, -0.2) is 41.9 Å². The van der Waals surface area contributed by atoms with Crippen LogP contribution in [0.4, 0.5) is 5.69 Å². The number of aromatic nitrogens is 2. The zero-order valence-electron chi connectivity index (χ0n) is 12.3. The van der Waals surface area contributed by atoms with Crippen LogP contribution >= 0.6 is 0 Å². The molecular weight excluding hydrogens is 252 g/mol. The van der Waals surface area contributed by atoms with Crippen LogP contribution < -0.4 is 10.1 Å². The molecule has 0 aliphatic rings. The highest BCUT2D eigenvalue weighted by molar-refractivity contribution is 5.46. The summed E-state index contributed by atoms with van der Waals surface area (Å²) in [4.78, 5) is 2.10. The van der Waals surface area contributed by atoms with E-state index in [0.29, 0.717) is 6.61 Å². The molecule has 0 fully saturated rings. The average Bonchev–Trinajstić information content (AvgIpc) is 2.83. The molecular formula is C15H22N4O. The van der Waals surface area contributed by atoms with Gasteiger partial charge in [-0.1, -0.05) is 0 Å². The van der Waals surface area contributed by atoms with Gasteiger partial charge in [0.2, 0.25) is 0 Å². The Morgan fingerprint density at radius 3 is 2.55 bits per heavy atom. The first-order chi connectivity index (χ1) is 9.65. The maximum atomic E-state index is 5.66. The molecule has 0 radical (unpaired) electrons. The minimum Gasteiger partial charge on any atom is -0.492 e. The normalized spacial score (nSPS) is 10.8. The molecule has 1 N–H and O–H groups in total. The number of nitrogens with zero attached hydrogens (tertiary/aromatic N) is 3. The molecule has 1 aromatic carbocycles. The molecule has 0 unspecified atom stereocenters. The Morgan fingerprint density at radius 2 is 1.95 bits per heavy atom. The molecule has 0 atom stereocenters. The number of hydrogen-bond donors (Lipinski definition) is 1. The summed E-state index contributed by atoms with van der Waals surface area (Å²) in [6, 6.07) is 10.0. The van der Waals surface area contributed by atoms with Crippen molar-refractivity contribution in [2.45, 2.75) is 6.54 Å². The Morgan fingerprint density at radius 1 is 1.20 bits per heavy atom. The van der Waals surface area contributed by atoms with Crippen molar-refractivity contribution in [2.24, 2.45) is 7.05 Å². The first kappa shape index (κ1) is 14.4. The van der Waals surface area contributed by atoms with Crippen molar-refractivity contribution in [3.63, 3.8) is 0 Å². The van der Waals surface area contributed by atoms with E-state index in [4.69, 9.17) is 4.74 Å². The number of hydrogen-bond acceptors (Lipinski definition) is 4. The molecule has 0 aliphatic heterocycles. The van der Waals surface area contributed by atoms with Gasteiger partial charge in [0.25, 0.3) is 0 Å². The van der Waals surface area contributed by atoms with Crippen molar-refractivity contribution in [1.29, 1.82) is 0 Å². The van der Waals surface area contributed by atoms with Crippen LogP contribution in [0.25, 0.3) is 0 Å². The summed E-state index contributed by atoms with van der Waals surface area (Å²) in [5.41, 5.74) is 2.22. The monoisotopic (exact) mass is 274 g/mol. The van der Waals surface area contributed by atoms with E-state index in [0.717, 1.165) is 30.2 Å². The fraction of sp³-hybridized carbons (Fsp3) is 0.400. The maximum absolute atomic E-state index is 5.66. The summed E-state index contributed by atoms with van der Waals surface area (Å²) in [5.74, 6) is 0.901. The number of aryl methyl sites for hydroxylation is 1. The zero-order valence-corrected chi connectivity index (χ0v) is 12.3. The molecule has 108 valence electrons. The fourth-order valence-corrected chi connectivity index (χ4v) is 1.78. The van der Waals surface area contributed by atoms with Crippen LogP contribution in [0.15, 0.2) is 36.5 Å². The third-order valence-corrected chi connectivity index (χ3v) is 3.06. The number of benzene rings is 1. The lowest BCUT2D eigenvalue weighted by atomic mass is 10.3. The number of rotatable bonds is 7. The molecule has 5 heteroatoms. The van der Waals surface area contributed by atoms with Crippen LogP contribution in [0, 0.1) is 0 Å². The minimum atomic E-state index is 0.703. The van der Waals surface area contributed by atoms with E-state index in [1.165, 1.54) is 0 Å². The van der Waals surface area contributed by atoms with E-state index in [1.807, 2.05) is 56.2 Å². The van der Waals surface area contributed by atoms with E-state index in [9.17, 15) is 0 Å². The van der Waals surface area contributed by atoms with Gasteiger partial charge in [-0.2, -0.15) is 5.10 Å². The SMILES string of the molecule is CN(C)CCOc1ccc(NCc2ccnn2C)cc1. The Kier molecular flexibility index (Phi) is 5.01. The summed E-state index contributed by atoms with van der Waals surface area (Å²) < 4.78 is 7.52. The summed E-state index contributed by atoms with van der Waals surface area (Å²) in [6.07, 6.45) is 1.80. The third-order valence-electron chi connectivity index (χ3n) is 3.06. The summed E-state index contributed by atoms with van der Waals surface area (Å²) in [7, 11) is 6.02.